The molecule has 2 heterocycles. The predicted molar refractivity (Wildman–Crippen MR) is 128 cm³/mol. The average molecular weight is 469 g/mol. The Hall–Kier alpha value is -2.34. The lowest BCUT2D eigenvalue weighted by molar-refractivity contribution is -0.134. The van der Waals surface area contributed by atoms with E-state index in [0.717, 1.165) is 49.8 Å². The van der Waals surface area contributed by atoms with Crippen LogP contribution in [0.4, 0.5) is 0 Å². The van der Waals surface area contributed by atoms with Crippen LogP contribution in [0.2, 0.25) is 5.02 Å². The molecule has 33 heavy (non-hydrogen) atoms. The van der Waals surface area contributed by atoms with Gasteiger partial charge in [0.05, 0.1) is 12.2 Å². The van der Waals surface area contributed by atoms with Crippen LogP contribution < -0.4 is 5.32 Å². The van der Waals surface area contributed by atoms with Crippen LogP contribution in [0.15, 0.2) is 30.3 Å². The zero-order valence-corrected chi connectivity index (χ0v) is 20.1. The van der Waals surface area contributed by atoms with Crippen molar-refractivity contribution in [3.63, 3.8) is 0 Å². The second-order valence-electron chi connectivity index (χ2n) is 10.2. The molecule has 2 aliphatic carbocycles. The number of hydrogen-bond donors (Lipinski definition) is 1. The van der Waals surface area contributed by atoms with E-state index in [9.17, 15) is 9.59 Å². The highest BCUT2D eigenvalue weighted by molar-refractivity contribution is 6.31. The van der Waals surface area contributed by atoms with Crippen molar-refractivity contribution < 1.29 is 9.59 Å². The van der Waals surface area contributed by atoms with E-state index in [1.165, 1.54) is 19.3 Å². The number of halogens is 1. The summed E-state index contributed by atoms with van der Waals surface area (Å²) in [5.74, 6) is 0.196. The molecule has 0 radical (unpaired) electrons. The third-order valence-electron chi connectivity index (χ3n) is 7.53. The Morgan fingerprint density at radius 2 is 1.82 bits per heavy atom. The van der Waals surface area contributed by atoms with Crippen molar-refractivity contribution in [2.45, 2.75) is 95.3 Å². The van der Waals surface area contributed by atoms with Gasteiger partial charge in [-0.15, -0.1) is 0 Å². The monoisotopic (exact) mass is 468 g/mol. The lowest BCUT2D eigenvalue weighted by atomic mass is 9.91. The van der Waals surface area contributed by atoms with Crippen LogP contribution in [-0.4, -0.2) is 38.1 Å². The summed E-state index contributed by atoms with van der Waals surface area (Å²) in [6, 6.07) is 9.62. The fraction of sp³-hybridized carbons (Fsp3) is 0.577. The molecule has 2 fully saturated rings. The summed E-state index contributed by atoms with van der Waals surface area (Å²) in [7, 11) is 0. The summed E-state index contributed by atoms with van der Waals surface area (Å²) < 4.78 is 1.76. The van der Waals surface area contributed by atoms with Gasteiger partial charge in [0, 0.05) is 23.5 Å². The number of carbonyl (C=O) groups is 2. The Balaban J connectivity index is 1.46. The van der Waals surface area contributed by atoms with Gasteiger partial charge in [0.1, 0.15) is 11.2 Å². The van der Waals surface area contributed by atoms with Gasteiger partial charge in [0.25, 0.3) is 5.91 Å². The van der Waals surface area contributed by atoms with E-state index >= 15 is 0 Å². The first-order chi connectivity index (χ1) is 16.0. The van der Waals surface area contributed by atoms with Crippen LogP contribution in [0.5, 0.6) is 0 Å². The van der Waals surface area contributed by atoms with E-state index in [2.05, 4.69) is 5.32 Å². The van der Waals surface area contributed by atoms with Gasteiger partial charge in [-0.2, -0.15) is 5.10 Å². The van der Waals surface area contributed by atoms with E-state index in [-0.39, 0.29) is 24.4 Å². The van der Waals surface area contributed by atoms with Gasteiger partial charge in [-0.1, -0.05) is 61.9 Å². The molecule has 1 unspecified atom stereocenters. The van der Waals surface area contributed by atoms with Crippen LogP contribution in [0.25, 0.3) is 0 Å². The topological polar surface area (TPSA) is 67.2 Å². The van der Waals surface area contributed by atoms with Gasteiger partial charge in [-0.05, 0) is 50.3 Å². The van der Waals surface area contributed by atoms with E-state index in [1.807, 2.05) is 37.3 Å². The number of benzene rings is 1. The summed E-state index contributed by atoms with van der Waals surface area (Å²) in [6.07, 6.45) is 10.2. The van der Waals surface area contributed by atoms with Gasteiger partial charge in [-0.3, -0.25) is 14.3 Å². The minimum Gasteiger partial charge on any atom is -0.351 e. The molecule has 176 valence electrons. The number of nitrogens with one attached hydrogen (secondary N) is 1. The van der Waals surface area contributed by atoms with E-state index < -0.39 is 5.54 Å². The minimum atomic E-state index is -1.04. The summed E-state index contributed by atoms with van der Waals surface area (Å²) in [4.78, 5) is 29.3. The van der Waals surface area contributed by atoms with Gasteiger partial charge >= 0.3 is 0 Å². The predicted octanol–water partition coefficient (Wildman–Crippen LogP) is 5.06. The van der Waals surface area contributed by atoms with Gasteiger partial charge in [0.15, 0.2) is 0 Å². The quantitative estimate of drug-likeness (QED) is 0.667. The van der Waals surface area contributed by atoms with Gasteiger partial charge in [0.2, 0.25) is 5.91 Å². The molecule has 6 nitrogen and oxygen atoms in total. The summed E-state index contributed by atoms with van der Waals surface area (Å²) in [6.45, 7) is 2.52. The molecule has 3 aliphatic rings. The Bertz CT molecular complexity index is 1040. The Morgan fingerprint density at radius 1 is 1.12 bits per heavy atom. The zero-order valence-electron chi connectivity index (χ0n) is 19.4. The van der Waals surface area contributed by atoms with Crippen LogP contribution in [-0.2, 0) is 17.9 Å². The first-order valence-corrected chi connectivity index (χ1v) is 12.8. The van der Waals surface area contributed by atoms with Crippen LogP contribution >= 0.6 is 11.6 Å². The SMILES string of the molecule is CC1(C(=O)NC2CCCCCCC2)Cn2nc(C3CC3)cc2C(=O)N1Cc1ccccc1Cl. The third-order valence-corrected chi connectivity index (χ3v) is 7.90. The maximum atomic E-state index is 13.8. The molecule has 0 spiro atoms. The molecule has 0 saturated heterocycles. The highest BCUT2D eigenvalue weighted by Gasteiger charge is 2.49. The number of aromatic nitrogens is 2. The molecule has 2 aromatic rings. The summed E-state index contributed by atoms with van der Waals surface area (Å²) in [5, 5.41) is 8.65. The van der Waals surface area contributed by atoms with Crippen molar-refractivity contribution in [3.05, 3.63) is 52.3 Å². The highest BCUT2D eigenvalue weighted by Crippen LogP contribution is 2.41. The fourth-order valence-electron chi connectivity index (χ4n) is 5.23. The second kappa shape index (κ2) is 9.13. The standard InChI is InChI=1S/C26H33ClN4O2/c1-26(25(33)28-20-10-5-3-2-4-6-11-20)17-31-23(15-22(29-31)18-13-14-18)24(32)30(26)16-19-9-7-8-12-21(19)27/h7-9,12,15,18,20H,2-6,10-11,13-14,16-17H2,1H3,(H,28,33). The maximum Gasteiger partial charge on any atom is 0.273 e. The Morgan fingerprint density at radius 3 is 2.52 bits per heavy atom. The van der Waals surface area contributed by atoms with Crippen molar-refractivity contribution in [2.75, 3.05) is 0 Å². The van der Waals surface area contributed by atoms with Crippen LogP contribution in [0.3, 0.4) is 0 Å². The number of fused-ring (bicyclic) bond motifs is 1. The summed E-state index contributed by atoms with van der Waals surface area (Å²) >= 11 is 6.45. The molecule has 7 heteroatoms. The number of nitrogens with zero attached hydrogens (tertiary/aromatic N) is 3. The molecule has 1 aromatic heterocycles. The number of rotatable bonds is 5. The number of carbonyl (C=O) groups excluding carboxylic acids is 2. The third kappa shape index (κ3) is 4.54. The van der Waals surface area contributed by atoms with Crippen molar-refractivity contribution >= 4 is 23.4 Å². The van der Waals surface area contributed by atoms with Crippen molar-refractivity contribution in [1.29, 1.82) is 0 Å². The Labute approximate surface area is 200 Å². The van der Waals surface area contributed by atoms with E-state index in [1.54, 1.807) is 9.58 Å². The Kier molecular flexibility index (Phi) is 6.21. The molecular weight excluding hydrogens is 436 g/mol. The molecular formula is C26H33ClN4O2. The fourth-order valence-corrected chi connectivity index (χ4v) is 5.42. The molecule has 1 N–H and O–H groups in total. The highest BCUT2D eigenvalue weighted by atomic mass is 35.5. The largest absolute Gasteiger partial charge is 0.351 e. The van der Waals surface area contributed by atoms with E-state index in [4.69, 9.17) is 16.7 Å². The molecule has 1 atom stereocenters. The summed E-state index contributed by atoms with van der Waals surface area (Å²) in [5.41, 5.74) is 1.34. The van der Waals surface area contributed by atoms with Crippen molar-refractivity contribution in [3.8, 4) is 0 Å². The number of hydrogen-bond acceptors (Lipinski definition) is 3. The normalized spacial score (nSPS) is 24.2. The first kappa shape index (κ1) is 22.5. The van der Waals surface area contributed by atoms with Gasteiger partial charge < -0.3 is 10.2 Å². The lowest BCUT2D eigenvalue weighted by Crippen LogP contribution is -2.64. The minimum absolute atomic E-state index is 0.0948. The van der Waals surface area contributed by atoms with Gasteiger partial charge in [-0.25, -0.2) is 0 Å². The lowest BCUT2D eigenvalue weighted by Gasteiger charge is -2.44. The molecule has 1 aromatic carbocycles. The average Bonchev–Trinajstić information content (AvgIpc) is 3.54. The first-order valence-electron chi connectivity index (χ1n) is 12.4. The number of amides is 2. The van der Waals surface area contributed by atoms with E-state index in [0.29, 0.717) is 23.2 Å². The maximum absolute atomic E-state index is 13.8. The molecule has 2 amide bonds. The molecule has 2 saturated carbocycles. The molecule has 0 bridgehead atoms. The van der Waals surface area contributed by atoms with Crippen LogP contribution in [0, 0.1) is 0 Å². The van der Waals surface area contributed by atoms with Crippen molar-refractivity contribution in [1.82, 2.24) is 20.0 Å². The smallest absolute Gasteiger partial charge is 0.273 e. The zero-order chi connectivity index (χ0) is 23.0. The van der Waals surface area contributed by atoms with Crippen molar-refractivity contribution in [2.24, 2.45) is 0 Å². The molecule has 5 rings (SSSR count). The molecule has 1 aliphatic heterocycles. The van der Waals surface area contributed by atoms with Crippen LogP contribution in [0.1, 0.15) is 92.4 Å². The second-order valence-corrected chi connectivity index (χ2v) is 10.6.